The molecule has 1 aliphatic rings. The predicted octanol–water partition coefficient (Wildman–Crippen LogP) is 3.51. The quantitative estimate of drug-likeness (QED) is 0.691. The Labute approximate surface area is 174 Å². The number of anilines is 2. The van der Waals surface area contributed by atoms with Gasteiger partial charge in [0.15, 0.2) is 0 Å². The summed E-state index contributed by atoms with van der Waals surface area (Å²) < 4.78 is 5.15. The first-order valence-electron chi connectivity index (χ1n) is 9.55. The van der Waals surface area contributed by atoms with Crippen molar-refractivity contribution >= 4 is 39.7 Å². The lowest BCUT2D eigenvalue weighted by Gasteiger charge is -2.20. The molecule has 3 rings (SSSR count). The van der Waals surface area contributed by atoms with Crippen molar-refractivity contribution in [1.82, 2.24) is 4.90 Å². The molecule has 2 aromatic rings. The number of methoxy groups -OCH3 is 1. The molecule has 1 heterocycles. The summed E-state index contributed by atoms with van der Waals surface area (Å²) in [4.78, 5) is 39.4. The van der Waals surface area contributed by atoms with Crippen LogP contribution in [-0.4, -0.2) is 42.8 Å². The molecule has 0 spiro atoms. The van der Waals surface area contributed by atoms with Crippen molar-refractivity contribution in [2.45, 2.75) is 26.7 Å². The van der Waals surface area contributed by atoms with E-state index in [0.29, 0.717) is 27.9 Å². The summed E-state index contributed by atoms with van der Waals surface area (Å²) in [6, 6.07) is 8.85. The van der Waals surface area contributed by atoms with E-state index in [1.807, 2.05) is 19.9 Å². The molecule has 0 saturated heterocycles. The Hall–Kier alpha value is -2.87. The number of hydrogen-bond acceptors (Lipinski definition) is 5. The smallest absolute Gasteiger partial charge is 0.264 e. The van der Waals surface area contributed by atoms with Gasteiger partial charge in [-0.15, -0.1) is 11.3 Å². The van der Waals surface area contributed by atoms with Gasteiger partial charge in [0.25, 0.3) is 5.91 Å². The average molecular weight is 416 g/mol. The van der Waals surface area contributed by atoms with Crippen LogP contribution in [-0.2, 0) is 9.59 Å². The van der Waals surface area contributed by atoms with E-state index in [4.69, 9.17) is 4.74 Å². The number of nitrogens with zero attached hydrogens (tertiary/aromatic N) is 1. The lowest BCUT2D eigenvalue weighted by molar-refractivity contribution is -0.117. The molecule has 0 unspecified atom stereocenters. The van der Waals surface area contributed by atoms with Crippen LogP contribution in [0.3, 0.4) is 0 Å². The molecule has 0 bridgehead atoms. The number of hydrogen-bond donors (Lipinski definition) is 2. The third-order valence-electron chi connectivity index (χ3n) is 4.66. The lowest BCUT2D eigenvalue weighted by atomic mass is 10.2. The number of ether oxygens (including phenoxy) is 1. The molecule has 1 saturated carbocycles. The monoisotopic (exact) mass is 415 g/mol. The van der Waals surface area contributed by atoms with Gasteiger partial charge in [0.05, 0.1) is 17.0 Å². The summed E-state index contributed by atoms with van der Waals surface area (Å²) in [7, 11) is 1.56. The zero-order chi connectivity index (χ0) is 21.0. The second kappa shape index (κ2) is 9.09. The van der Waals surface area contributed by atoms with Crippen molar-refractivity contribution in [3.8, 4) is 5.75 Å². The SMILES string of the molecule is CCN(CC(=O)Nc1cccc(OC)c1)C(=O)c1sc(NC(=O)C2CC2)cc1C. The third kappa shape index (κ3) is 5.35. The van der Waals surface area contributed by atoms with Crippen LogP contribution in [0, 0.1) is 12.8 Å². The van der Waals surface area contributed by atoms with Crippen LogP contribution in [0.25, 0.3) is 0 Å². The maximum atomic E-state index is 13.0. The Morgan fingerprint density at radius 2 is 1.97 bits per heavy atom. The first kappa shape index (κ1) is 20.9. The standard InChI is InChI=1S/C21H25N3O4S/c1-4-24(12-17(25)22-15-6-5-7-16(11-15)28-3)21(27)19-13(2)10-18(29-19)23-20(26)14-8-9-14/h5-7,10-11,14H,4,8-9,12H2,1-3H3,(H,22,25)(H,23,26). The van der Waals surface area contributed by atoms with Gasteiger partial charge in [0, 0.05) is 24.2 Å². The van der Waals surface area contributed by atoms with Gasteiger partial charge in [-0.3, -0.25) is 14.4 Å². The summed E-state index contributed by atoms with van der Waals surface area (Å²) in [5.74, 6) is 0.244. The van der Waals surface area contributed by atoms with Crippen LogP contribution in [0.2, 0.25) is 0 Å². The molecule has 1 fully saturated rings. The van der Waals surface area contributed by atoms with E-state index in [-0.39, 0.29) is 30.2 Å². The Kier molecular flexibility index (Phi) is 6.53. The van der Waals surface area contributed by atoms with Crippen LogP contribution < -0.4 is 15.4 Å². The van der Waals surface area contributed by atoms with Gasteiger partial charge >= 0.3 is 0 Å². The van der Waals surface area contributed by atoms with Gasteiger partial charge in [-0.05, 0) is 50.5 Å². The summed E-state index contributed by atoms with van der Waals surface area (Å²) in [5.41, 5.74) is 1.40. The zero-order valence-electron chi connectivity index (χ0n) is 16.8. The third-order valence-corrected chi connectivity index (χ3v) is 5.80. The predicted molar refractivity (Wildman–Crippen MR) is 114 cm³/mol. The summed E-state index contributed by atoms with van der Waals surface area (Å²) in [6.07, 6.45) is 1.85. The second-order valence-electron chi connectivity index (χ2n) is 6.99. The van der Waals surface area contributed by atoms with E-state index in [1.165, 1.54) is 16.2 Å². The fourth-order valence-electron chi connectivity index (χ4n) is 2.87. The number of amides is 3. The molecule has 1 aromatic carbocycles. The number of carbonyl (C=O) groups is 3. The first-order valence-corrected chi connectivity index (χ1v) is 10.4. The maximum absolute atomic E-state index is 13.0. The first-order chi connectivity index (χ1) is 13.9. The highest BCUT2D eigenvalue weighted by molar-refractivity contribution is 7.18. The normalized spacial score (nSPS) is 12.9. The number of benzene rings is 1. The number of rotatable bonds is 8. The molecular weight excluding hydrogens is 390 g/mol. The zero-order valence-corrected chi connectivity index (χ0v) is 17.6. The maximum Gasteiger partial charge on any atom is 0.264 e. The van der Waals surface area contributed by atoms with Crippen LogP contribution >= 0.6 is 11.3 Å². The van der Waals surface area contributed by atoms with E-state index in [9.17, 15) is 14.4 Å². The summed E-state index contributed by atoms with van der Waals surface area (Å²) in [5, 5.41) is 6.33. The lowest BCUT2D eigenvalue weighted by Crippen LogP contribution is -2.37. The highest BCUT2D eigenvalue weighted by atomic mass is 32.1. The Morgan fingerprint density at radius 3 is 2.62 bits per heavy atom. The Morgan fingerprint density at radius 1 is 1.21 bits per heavy atom. The fourth-order valence-corrected chi connectivity index (χ4v) is 3.91. The van der Waals surface area contributed by atoms with Crippen molar-refractivity contribution in [2.75, 3.05) is 30.8 Å². The molecule has 0 radical (unpaired) electrons. The fraction of sp³-hybridized carbons (Fsp3) is 0.381. The van der Waals surface area contributed by atoms with E-state index in [0.717, 1.165) is 18.4 Å². The van der Waals surface area contributed by atoms with Crippen molar-refractivity contribution in [2.24, 2.45) is 5.92 Å². The van der Waals surface area contributed by atoms with Gasteiger partial charge in [0.2, 0.25) is 11.8 Å². The highest BCUT2D eigenvalue weighted by Crippen LogP contribution is 2.33. The van der Waals surface area contributed by atoms with Crippen LogP contribution in [0.15, 0.2) is 30.3 Å². The van der Waals surface area contributed by atoms with Crippen molar-refractivity contribution in [3.05, 3.63) is 40.8 Å². The topological polar surface area (TPSA) is 87.7 Å². The summed E-state index contributed by atoms with van der Waals surface area (Å²) >= 11 is 1.25. The molecule has 2 N–H and O–H groups in total. The molecule has 7 nitrogen and oxygen atoms in total. The van der Waals surface area contributed by atoms with Crippen molar-refractivity contribution < 1.29 is 19.1 Å². The molecule has 154 valence electrons. The van der Waals surface area contributed by atoms with Gasteiger partial charge in [-0.25, -0.2) is 0 Å². The number of likely N-dealkylation sites (N-methyl/N-ethyl adjacent to an activating group) is 1. The minimum Gasteiger partial charge on any atom is -0.497 e. The molecule has 8 heteroatoms. The van der Waals surface area contributed by atoms with Gasteiger partial charge < -0.3 is 20.3 Å². The van der Waals surface area contributed by atoms with Gasteiger partial charge in [-0.2, -0.15) is 0 Å². The Bertz CT molecular complexity index is 920. The highest BCUT2D eigenvalue weighted by Gasteiger charge is 2.30. The molecular formula is C21H25N3O4S. The summed E-state index contributed by atoms with van der Waals surface area (Å²) in [6.45, 7) is 4.00. The molecule has 29 heavy (non-hydrogen) atoms. The second-order valence-corrected chi connectivity index (χ2v) is 8.04. The number of nitrogens with one attached hydrogen (secondary N) is 2. The van der Waals surface area contributed by atoms with Gasteiger partial charge in [-0.1, -0.05) is 6.07 Å². The van der Waals surface area contributed by atoms with Crippen LogP contribution in [0.4, 0.5) is 10.7 Å². The van der Waals surface area contributed by atoms with Gasteiger partial charge in [0.1, 0.15) is 12.3 Å². The average Bonchev–Trinajstić information content (AvgIpc) is 3.49. The molecule has 3 amide bonds. The Balaban J connectivity index is 1.64. The van der Waals surface area contributed by atoms with Crippen molar-refractivity contribution in [1.29, 1.82) is 0 Å². The van der Waals surface area contributed by atoms with Crippen LogP contribution in [0.5, 0.6) is 5.75 Å². The molecule has 0 atom stereocenters. The van der Waals surface area contributed by atoms with E-state index >= 15 is 0 Å². The van der Waals surface area contributed by atoms with Crippen molar-refractivity contribution in [3.63, 3.8) is 0 Å². The number of carbonyl (C=O) groups excluding carboxylic acids is 3. The molecule has 1 aromatic heterocycles. The van der Waals surface area contributed by atoms with E-state index in [2.05, 4.69) is 10.6 Å². The van der Waals surface area contributed by atoms with E-state index < -0.39 is 0 Å². The van der Waals surface area contributed by atoms with Crippen LogP contribution in [0.1, 0.15) is 35.0 Å². The molecule has 1 aliphatic carbocycles. The largest absolute Gasteiger partial charge is 0.497 e. The van der Waals surface area contributed by atoms with E-state index in [1.54, 1.807) is 31.4 Å². The number of aryl methyl sites for hydroxylation is 1. The minimum absolute atomic E-state index is 0.00950. The minimum atomic E-state index is -0.287. The molecule has 0 aliphatic heterocycles. The number of thiophene rings is 1.